The number of carbonyl (C=O) groups is 2. The van der Waals surface area contributed by atoms with Gasteiger partial charge in [-0.05, 0) is 31.0 Å². The number of benzene rings is 1. The van der Waals surface area contributed by atoms with E-state index in [0.717, 1.165) is 16.6 Å². The average molecular weight is 290 g/mol. The highest BCUT2D eigenvalue weighted by Gasteiger charge is 2.37. The molecule has 1 aliphatic carbocycles. The first-order chi connectivity index (χ1) is 9.65. The predicted octanol–water partition coefficient (Wildman–Crippen LogP) is 2.74. The van der Waals surface area contributed by atoms with Crippen LogP contribution in [0.2, 0.25) is 0 Å². The third-order valence-corrected chi connectivity index (χ3v) is 4.56. The Labute approximate surface area is 119 Å². The van der Waals surface area contributed by atoms with Crippen LogP contribution in [0.5, 0.6) is 0 Å². The number of carbonyl (C=O) groups excluding carboxylic acids is 1. The summed E-state index contributed by atoms with van der Waals surface area (Å²) in [5, 5.41) is 12.0. The molecule has 1 fully saturated rings. The van der Waals surface area contributed by atoms with Gasteiger partial charge in [-0.25, -0.2) is 4.98 Å². The summed E-state index contributed by atoms with van der Waals surface area (Å²) in [4.78, 5) is 27.5. The molecule has 0 unspecified atom stereocenters. The van der Waals surface area contributed by atoms with Crippen LogP contribution in [0, 0.1) is 11.8 Å². The Bertz CT molecular complexity index is 667. The first-order valence-corrected chi connectivity index (χ1v) is 7.40. The molecule has 1 aromatic carbocycles. The van der Waals surface area contributed by atoms with E-state index in [9.17, 15) is 9.59 Å². The lowest BCUT2D eigenvalue weighted by Gasteiger charge is -2.15. The number of thiazole rings is 1. The summed E-state index contributed by atoms with van der Waals surface area (Å²) in [5.41, 5.74) is 3.35. The fourth-order valence-corrected chi connectivity index (χ4v) is 3.45. The maximum atomic E-state index is 12.2. The number of carboxylic acids is 1. The number of rotatable bonds is 3. The molecule has 1 aromatic heterocycles. The summed E-state index contributed by atoms with van der Waals surface area (Å²) in [7, 11) is 0. The molecule has 0 saturated heterocycles. The van der Waals surface area contributed by atoms with Crippen molar-refractivity contribution in [1.82, 2.24) is 4.98 Å². The van der Waals surface area contributed by atoms with Crippen molar-refractivity contribution in [2.24, 2.45) is 11.8 Å². The lowest BCUT2D eigenvalue weighted by molar-refractivity contribution is -0.145. The molecule has 1 amide bonds. The van der Waals surface area contributed by atoms with E-state index in [2.05, 4.69) is 10.3 Å². The van der Waals surface area contributed by atoms with Crippen LogP contribution in [-0.4, -0.2) is 22.0 Å². The summed E-state index contributed by atoms with van der Waals surface area (Å²) in [6.45, 7) is 0. The number of hydrogen-bond acceptors (Lipinski definition) is 4. The second-order valence-corrected chi connectivity index (χ2v) is 5.89. The number of nitrogens with zero attached hydrogens (tertiary/aromatic N) is 1. The number of fused-ring (bicyclic) bond motifs is 1. The summed E-state index contributed by atoms with van der Waals surface area (Å²) in [5.74, 6) is -2.05. The zero-order valence-corrected chi connectivity index (χ0v) is 11.5. The van der Waals surface area contributed by atoms with Gasteiger partial charge in [0.2, 0.25) is 5.91 Å². The molecular formula is C14H14N2O3S. The van der Waals surface area contributed by atoms with Gasteiger partial charge in [0, 0.05) is 5.69 Å². The van der Waals surface area contributed by atoms with E-state index >= 15 is 0 Å². The third kappa shape index (κ3) is 2.38. The molecule has 6 heteroatoms. The Kier molecular flexibility index (Phi) is 3.40. The largest absolute Gasteiger partial charge is 0.481 e. The Morgan fingerprint density at radius 1 is 1.30 bits per heavy atom. The third-order valence-electron chi connectivity index (χ3n) is 3.77. The van der Waals surface area contributed by atoms with Gasteiger partial charge in [-0.1, -0.05) is 6.42 Å². The predicted molar refractivity (Wildman–Crippen MR) is 76.7 cm³/mol. The van der Waals surface area contributed by atoms with Gasteiger partial charge in [0.15, 0.2) is 0 Å². The van der Waals surface area contributed by atoms with E-state index in [1.54, 1.807) is 11.6 Å². The maximum Gasteiger partial charge on any atom is 0.307 e. The van der Waals surface area contributed by atoms with Crippen LogP contribution in [0.3, 0.4) is 0 Å². The van der Waals surface area contributed by atoms with Gasteiger partial charge in [-0.3, -0.25) is 9.59 Å². The Morgan fingerprint density at radius 3 is 2.90 bits per heavy atom. The molecule has 3 rings (SSSR count). The summed E-state index contributed by atoms with van der Waals surface area (Å²) < 4.78 is 1.00. The fraction of sp³-hybridized carbons (Fsp3) is 0.357. The number of aliphatic carboxylic acids is 1. The van der Waals surface area contributed by atoms with Gasteiger partial charge < -0.3 is 10.4 Å². The first kappa shape index (κ1) is 13.1. The number of carboxylic acid groups (broad SMARTS) is 1. The van der Waals surface area contributed by atoms with Crippen LogP contribution in [0.15, 0.2) is 23.7 Å². The van der Waals surface area contributed by atoms with E-state index in [1.165, 1.54) is 11.3 Å². The van der Waals surface area contributed by atoms with Crippen molar-refractivity contribution in [3.05, 3.63) is 23.7 Å². The highest BCUT2D eigenvalue weighted by atomic mass is 32.1. The maximum absolute atomic E-state index is 12.2. The first-order valence-electron chi connectivity index (χ1n) is 6.52. The van der Waals surface area contributed by atoms with Crippen LogP contribution in [-0.2, 0) is 9.59 Å². The van der Waals surface area contributed by atoms with Crippen molar-refractivity contribution in [2.45, 2.75) is 19.3 Å². The normalized spacial score (nSPS) is 22.0. The van der Waals surface area contributed by atoms with Crippen LogP contribution in [0.25, 0.3) is 10.2 Å². The van der Waals surface area contributed by atoms with Gasteiger partial charge in [-0.15, -0.1) is 11.3 Å². The molecule has 1 heterocycles. The van der Waals surface area contributed by atoms with Gasteiger partial charge in [0.05, 0.1) is 27.6 Å². The monoisotopic (exact) mass is 290 g/mol. The number of amides is 1. The topological polar surface area (TPSA) is 79.3 Å². The molecule has 5 nitrogen and oxygen atoms in total. The van der Waals surface area contributed by atoms with Crippen LogP contribution < -0.4 is 5.32 Å². The Hall–Kier alpha value is -1.95. The number of hydrogen-bond donors (Lipinski definition) is 2. The zero-order chi connectivity index (χ0) is 14.1. The van der Waals surface area contributed by atoms with Crippen molar-refractivity contribution in [3.63, 3.8) is 0 Å². The highest BCUT2D eigenvalue weighted by Crippen LogP contribution is 2.33. The second-order valence-electron chi connectivity index (χ2n) is 5.01. The molecule has 1 saturated carbocycles. The van der Waals surface area contributed by atoms with Crippen molar-refractivity contribution in [1.29, 1.82) is 0 Å². The second kappa shape index (κ2) is 5.20. The minimum absolute atomic E-state index is 0.196. The highest BCUT2D eigenvalue weighted by molar-refractivity contribution is 7.16. The number of aromatic nitrogens is 1. The molecule has 20 heavy (non-hydrogen) atoms. The van der Waals surface area contributed by atoms with E-state index in [0.29, 0.717) is 18.5 Å². The van der Waals surface area contributed by atoms with Crippen LogP contribution >= 0.6 is 11.3 Å². The summed E-state index contributed by atoms with van der Waals surface area (Å²) in [6.07, 6.45) is 2.02. The minimum Gasteiger partial charge on any atom is -0.481 e. The Balaban J connectivity index is 1.76. The summed E-state index contributed by atoms with van der Waals surface area (Å²) in [6, 6.07) is 5.52. The molecule has 0 radical (unpaired) electrons. The van der Waals surface area contributed by atoms with Gasteiger partial charge in [-0.2, -0.15) is 0 Å². The molecule has 1 aliphatic rings. The van der Waals surface area contributed by atoms with Gasteiger partial charge in [0.1, 0.15) is 0 Å². The van der Waals surface area contributed by atoms with Gasteiger partial charge >= 0.3 is 5.97 Å². The number of nitrogens with one attached hydrogen (secondary N) is 1. The minimum atomic E-state index is -0.874. The summed E-state index contributed by atoms with van der Waals surface area (Å²) >= 11 is 1.51. The molecule has 2 atom stereocenters. The molecule has 2 N–H and O–H groups in total. The standard InChI is InChI=1S/C14H14N2O3S/c17-13(9-2-1-3-10(9)14(18)19)16-8-4-5-11-12(6-8)20-7-15-11/h4-7,9-10H,1-3H2,(H,16,17)(H,18,19)/t9-,10+/m1/s1. The van der Waals surface area contributed by atoms with Crippen molar-refractivity contribution in [3.8, 4) is 0 Å². The van der Waals surface area contributed by atoms with Crippen LogP contribution in [0.4, 0.5) is 5.69 Å². The zero-order valence-electron chi connectivity index (χ0n) is 10.7. The SMILES string of the molecule is O=C(O)[C@H]1CCC[C@H]1C(=O)Nc1ccc2ncsc2c1. The molecule has 0 aliphatic heterocycles. The average Bonchev–Trinajstić information content (AvgIpc) is 3.06. The molecule has 0 spiro atoms. The molecule has 0 bridgehead atoms. The fourth-order valence-electron chi connectivity index (χ4n) is 2.74. The lowest BCUT2D eigenvalue weighted by Crippen LogP contribution is -2.29. The molecular weight excluding hydrogens is 276 g/mol. The van der Waals surface area contributed by atoms with E-state index < -0.39 is 17.8 Å². The van der Waals surface area contributed by atoms with E-state index in [4.69, 9.17) is 5.11 Å². The quantitative estimate of drug-likeness (QED) is 0.911. The molecule has 104 valence electrons. The van der Waals surface area contributed by atoms with Crippen LogP contribution in [0.1, 0.15) is 19.3 Å². The smallest absolute Gasteiger partial charge is 0.307 e. The van der Waals surface area contributed by atoms with Crippen molar-refractivity contribution < 1.29 is 14.7 Å². The van der Waals surface area contributed by atoms with Crippen molar-refractivity contribution >= 4 is 39.1 Å². The lowest BCUT2D eigenvalue weighted by atomic mass is 9.95. The van der Waals surface area contributed by atoms with E-state index in [-0.39, 0.29) is 5.91 Å². The number of anilines is 1. The van der Waals surface area contributed by atoms with Gasteiger partial charge in [0.25, 0.3) is 0 Å². The van der Waals surface area contributed by atoms with Crippen molar-refractivity contribution in [2.75, 3.05) is 5.32 Å². The molecule has 2 aromatic rings. The van der Waals surface area contributed by atoms with E-state index in [1.807, 2.05) is 12.1 Å². The Morgan fingerprint density at radius 2 is 2.10 bits per heavy atom.